The summed E-state index contributed by atoms with van der Waals surface area (Å²) >= 11 is 19.4. The number of alkyl halides is 2. The van der Waals surface area contributed by atoms with E-state index in [1.165, 1.54) is 11.8 Å². The second-order valence-electron chi connectivity index (χ2n) is 0.662. The molecule has 0 aromatic heterocycles. The van der Waals surface area contributed by atoms with E-state index in [-0.39, 0.29) is 0 Å². The third-order valence-corrected chi connectivity index (χ3v) is 1.05. The molecule has 0 amide bonds. The van der Waals surface area contributed by atoms with Crippen molar-refractivity contribution in [1.29, 1.82) is 0 Å². The second-order valence-corrected chi connectivity index (χ2v) is 5.18. The van der Waals surface area contributed by atoms with Crippen molar-refractivity contribution in [3.63, 3.8) is 0 Å². The molecule has 0 aromatic carbocycles. The van der Waals surface area contributed by atoms with E-state index in [0.717, 1.165) is 0 Å². The molecule has 7 heteroatoms. The summed E-state index contributed by atoms with van der Waals surface area (Å²) in [5.74, 6) is 3.59. The van der Waals surface area contributed by atoms with Crippen LogP contribution in [0.5, 0.6) is 0 Å². The third-order valence-electron chi connectivity index (χ3n) is 0.117. The molecule has 74 valence electrons. The van der Waals surface area contributed by atoms with E-state index in [0.29, 0.717) is 11.8 Å². The second kappa shape index (κ2) is 29.4. The van der Waals surface area contributed by atoms with Gasteiger partial charge in [0.05, 0.1) is 0 Å². The SMILES string of the molecule is Cl[CH-]CCl.Cl[CH-]CCl.[Cl][Pt+2][Cl]. The molecule has 0 aliphatic carbocycles. The van der Waals surface area contributed by atoms with Crippen LogP contribution < -0.4 is 0 Å². The van der Waals surface area contributed by atoms with Gasteiger partial charge in [-0.05, 0) is 0 Å². The number of rotatable bonds is 2. The quantitative estimate of drug-likeness (QED) is 0.415. The summed E-state index contributed by atoms with van der Waals surface area (Å²) in [7, 11) is 9.75. The Kier molecular flexibility index (Phi) is 51.0. The van der Waals surface area contributed by atoms with E-state index in [1.807, 2.05) is 0 Å². The number of hydrogen-bond donors (Lipinski definition) is 0. The molecule has 0 unspecified atom stereocenters. The minimum atomic E-state index is -0.472. The molecule has 0 heterocycles. The van der Waals surface area contributed by atoms with E-state index >= 15 is 0 Å². The van der Waals surface area contributed by atoms with Crippen molar-refractivity contribution in [2.24, 2.45) is 0 Å². The zero-order valence-corrected chi connectivity index (χ0v) is 12.0. The molecular formula is C4H6Cl6Pt. The first kappa shape index (κ1) is 19.1. The normalized spacial score (nSPS) is 7.45. The molecule has 0 N–H and O–H groups in total. The average molecular weight is 462 g/mol. The molecule has 0 spiro atoms. The van der Waals surface area contributed by atoms with Gasteiger partial charge in [-0.3, -0.25) is 0 Å². The molecule has 0 radical (unpaired) electrons. The van der Waals surface area contributed by atoms with Crippen molar-refractivity contribution in [3.8, 4) is 0 Å². The summed E-state index contributed by atoms with van der Waals surface area (Å²) in [6.07, 6.45) is 0. The molecule has 0 fully saturated rings. The van der Waals surface area contributed by atoms with Crippen LogP contribution in [0.25, 0.3) is 0 Å². The molecular weight excluding hydrogens is 456 g/mol. The Hall–Kier alpha value is 2.43. The summed E-state index contributed by atoms with van der Waals surface area (Å²) in [4.78, 5) is 0. The van der Waals surface area contributed by atoms with E-state index in [9.17, 15) is 0 Å². The molecule has 0 rings (SSSR count). The molecule has 0 saturated carbocycles. The molecule has 0 aliphatic heterocycles. The standard InChI is InChI=1S/2C2H3Cl2.2ClH.Pt/c2*3-1-2-4;;;/h2*1H,2H2;2*1H;/q2*-1;;;+4/p-2. The van der Waals surface area contributed by atoms with E-state index in [4.69, 9.17) is 65.2 Å². The molecule has 0 aromatic rings. The first-order chi connectivity index (χ1) is 5.24. The maximum atomic E-state index is 5.00. The fourth-order valence-corrected chi connectivity index (χ4v) is 0. The zero-order chi connectivity index (χ0) is 9.54. The van der Waals surface area contributed by atoms with Crippen LogP contribution >= 0.6 is 65.2 Å². The van der Waals surface area contributed by atoms with Crippen LogP contribution in [0.1, 0.15) is 0 Å². The van der Waals surface area contributed by atoms with Gasteiger partial charge in [-0.15, -0.1) is 0 Å². The predicted molar refractivity (Wildman–Crippen MR) is 53.5 cm³/mol. The molecule has 0 saturated heterocycles. The minimum absolute atomic E-state index is 0.432. The molecule has 11 heavy (non-hydrogen) atoms. The van der Waals surface area contributed by atoms with Crippen LogP contribution in [0.3, 0.4) is 0 Å². The van der Waals surface area contributed by atoms with Crippen molar-refractivity contribution < 1.29 is 16.5 Å². The van der Waals surface area contributed by atoms with Gasteiger partial charge >= 0.3 is 35.3 Å². The van der Waals surface area contributed by atoms with Crippen LogP contribution in [-0.4, -0.2) is 11.8 Å². The van der Waals surface area contributed by atoms with Gasteiger partial charge in [0.1, 0.15) is 0 Å². The number of halogens is 6. The van der Waals surface area contributed by atoms with Gasteiger partial charge < -0.3 is 23.2 Å². The summed E-state index contributed by atoms with van der Waals surface area (Å²) in [6, 6.07) is 0. The van der Waals surface area contributed by atoms with Crippen LogP contribution in [-0.2, 0) is 16.5 Å². The maximum absolute atomic E-state index is 5.00. The van der Waals surface area contributed by atoms with Gasteiger partial charge in [-0.2, -0.15) is 23.2 Å². The molecule has 0 atom stereocenters. The number of hydrogen-bond acceptors (Lipinski definition) is 0. The Balaban J connectivity index is -0.0000000886. The third kappa shape index (κ3) is 68.9. The first-order valence-corrected chi connectivity index (χ1v) is 9.60. The fourth-order valence-electron chi connectivity index (χ4n) is 0. The summed E-state index contributed by atoms with van der Waals surface area (Å²) < 4.78 is 0. The molecule has 0 bridgehead atoms. The monoisotopic (exact) mass is 459 g/mol. The first-order valence-electron chi connectivity index (χ1n) is 2.03. The van der Waals surface area contributed by atoms with Crippen LogP contribution in [0.15, 0.2) is 0 Å². The Bertz CT molecular complexity index is 29.8. The Labute approximate surface area is 104 Å². The Morgan fingerprint density at radius 1 is 0.909 bits per heavy atom. The average Bonchev–Trinajstić information content (AvgIpc) is 2.06. The van der Waals surface area contributed by atoms with Crippen molar-refractivity contribution >= 4 is 65.2 Å². The van der Waals surface area contributed by atoms with Crippen LogP contribution in [0, 0.1) is 11.8 Å². The van der Waals surface area contributed by atoms with Gasteiger partial charge in [-0.1, -0.05) is 11.8 Å². The van der Waals surface area contributed by atoms with E-state index in [2.05, 4.69) is 0 Å². The van der Waals surface area contributed by atoms with Crippen molar-refractivity contribution in [3.05, 3.63) is 11.8 Å². The zero-order valence-electron chi connectivity index (χ0n) is 5.15. The van der Waals surface area contributed by atoms with Gasteiger partial charge in [0.25, 0.3) is 0 Å². The fraction of sp³-hybridized carbons (Fsp3) is 0.500. The van der Waals surface area contributed by atoms with E-state index in [1.54, 1.807) is 0 Å². The van der Waals surface area contributed by atoms with Gasteiger partial charge in [0, 0.05) is 0 Å². The van der Waals surface area contributed by atoms with Crippen molar-refractivity contribution in [2.75, 3.05) is 11.8 Å². The van der Waals surface area contributed by atoms with Crippen molar-refractivity contribution in [1.82, 2.24) is 0 Å². The predicted octanol–water partition coefficient (Wildman–Crippen LogP) is 4.63. The van der Waals surface area contributed by atoms with Gasteiger partial charge in [-0.25, -0.2) is 11.8 Å². The summed E-state index contributed by atoms with van der Waals surface area (Å²) in [5, 5.41) is 0. The van der Waals surface area contributed by atoms with Crippen LogP contribution in [0.2, 0.25) is 0 Å². The van der Waals surface area contributed by atoms with Crippen LogP contribution in [0.4, 0.5) is 0 Å². The van der Waals surface area contributed by atoms with E-state index < -0.39 is 16.5 Å². The summed E-state index contributed by atoms with van der Waals surface area (Å²) in [5.41, 5.74) is 0. The topological polar surface area (TPSA) is 0 Å². The van der Waals surface area contributed by atoms with Crippen molar-refractivity contribution in [2.45, 2.75) is 0 Å². The Morgan fingerprint density at radius 3 is 1.00 bits per heavy atom. The Morgan fingerprint density at radius 2 is 1.00 bits per heavy atom. The molecule has 0 aliphatic rings. The molecule has 0 nitrogen and oxygen atoms in total. The van der Waals surface area contributed by atoms with Gasteiger partial charge in [0.2, 0.25) is 0 Å². The summed E-state index contributed by atoms with van der Waals surface area (Å²) in [6.45, 7) is 0. The van der Waals surface area contributed by atoms with Gasteiger partial charge in [0.15, 0.2) is 0 Å².